The molecule has 0 unspecified atom stereocenters. The third kappa shape index (κ3) is 3.90. The van der Waals surface area contributed by atoms with Crippen molar-refractivity contribution in [2.75, 3.05) is 20.6 Å². The lowest BCUT2D eigenvalue weighted by Gasteiger charge is -2.27. The van der Waals surface area contributed by atoms with Crippen molar-refractivity contribution in [2.24, 2.45) is 0 Å². The van der Waals surface area contributed by atoms with Crippen molar-refractivity contribution in [3.8, 4) is 0 Å². The summed E-state index contributed by atoms with van der Waals surface area (Å²) in [6.45, 7) is 1.48. The lowest BCUT2D eigenvalue weighted by atomic mass is 10.2. The fourth-order valence-electron chi connectivity index (χ4n) is 2.90. The van der Waals surface area contributed by atoms with Crippen LogP contribution in [0.5, 0.6) is 0 Å². The first-order chi connectivity index (χ1) is 11.8. The van der Waals surface area contributed by atoms with Gasteiger partial charge in [0.15, 0.2) is 6.10 Å². The van der Waals surface area contributed by atoms with E-state index in [1.54, 1.807) is 31.2 Å². The Kier molecular flexibility index (Phi) is 5.63. The molecule has 8 heteroatoms. The van der Waals surface area contributed by atoms with E-state index in [4.69, 9.17) is 9.47 Å². The molecule has 1 fully saturated rings. The van der Waals surface area contributed by atoms with Crippen LogP contribution >= 0.6 is 0 Å². The molecule has 1 aliphatic heterocycles. The second-order valence-electron chi connectivity index (χ2n) is 6.36. The summed E-state index contributed by atoms with van der Waals surface area (Å²) < 4.78 is 9.61. The topological polar surface area (TPSA) is 93.1 Å². The van der Waals surface area contributed by atoms with Crippen LogP contribution in [0.1, 0.15) is 18.9 Å². The number of benzene rings is 1. The van der Waals surface area contributed by atoms with Crippen molar-refractivity contribution in [1.82, 2.24) is 4.90 Å². The summed E-state index contributed by atoms with van der Waals surface area (Å²) in [6.07, 6.45) is -3.13. The minimum Gasteiger partial charge on any atom is -0.440 e. The van der Waals surface area contributed by atoms with Crippen LogP contribution in [0.2, 0.25) is 0 Å². The van der Waals surface area contributed by atoms with Crippen LogP contribution in [-0.2, 0) is 16.1 Å². The van der Waals surface area contributed by atoms with E-state index in [0.717, 1.165) is 5.56 Å². The molecule has 1 aromatic carbocycles. The summed E-state index contributed by atoms with van der Waals surface area (Å²) in [5, 5.41) is 9.68. The zero-order valence-corrected chi connectivity index (χ0v) is 14.5. The fraction of sp³-hybridized carbons (Fsp3) is 0.471. The van der Waals surface area contributed by atoms with Crippen LogP contribution in [0.3, 0.4) is 0 Å². The zero-order chi connectivity index (χ0) is 18.6. The molecule has 136 valence electrons. The Morgan fingerprint density at radius 2 is 1.88 bits per heavy atom. The third-order valence-electron chi connectivity index (χ3n) is 4.35. The predicted octanol–water partition coefficient (Wildman–Crippen LogP) is 2.68. The summed E-state index contributed by atoms with van der Waals surface area (Å²) in [4.78, 5) is 37.4. The largest absolute Gasteiger partial charge is 0.527 e. The minimum absolute atomic E-state index is 0.0121. The van der Waals surface area contributed by atoms with Gasteiger partial charge in [0.25, 0.3) is 0 Å². The van der Waals surface area contributed by atoms with E-state index < -0.39 is 34.9 Å². The Hall–Kier alpha value is -2.61. The Labute approximate surface area is 146 Å². The van der Waals surface area contributed by atoms with Crippen LogP contribution in [0.25, 0.3) is 0 Å². The molecule has 0 saturated carbocycles. The van der Waals surface area contributed by atoms with Gasteiger partial charge >= 0.3 is 18.3 Å². The van der Waals surface area contributed by atoms with E-state index in [1.165, 1.54) is 19.0 Å². The molecule has 0 aromatic heterocycles. The van der Waals surface area contributed by atoms with Crippen molar-refractivity contribution in [3.05, 3.63) is 35.9 Å². The second-order valence-corrected chi connectivity index (χ2v) is 6.36. The van der Waals surface area contributed by atoms with Gasteiger partial charge in [0.2, 0.25) is 0 Å². The molecular weight excluding hydrogens is 328 g/mol. The number of rotatable bonds is 3. The van der Waals surface area contributed by atoms with Gasteiger partial charge in [0.05, 0.1) is 0 Å². The highest BCUT2D eigenvalue weighted by Gasteiger charge is 2.59. The molecule has 8 nitrogen and oxygen atoms in total. The van der Waals surface area contributed by atoms with Crippen LogP contribution in [0.4, 0.5) is 14.4 Å². The summed E-state index contributed by atoms with van der Waals surface area (Å²) in [5.74, 6) is 0. The molecular formula is C17H23N2O6+. The van der Waals surface area contributed by atoms with E-state index >= 15 is 0 Å². The van der Waals surface area contributed by atoms with E-state index in [9.17, 15) is 19.5 Å². The summed E-state index contributed by atoms with van der Waals surface area (Å²) in [5.41, 5.74) is 0.766. The number of hydrogen-bond acceptors (Lipinski definition) is 5. The van der Waals surface area contributed by atoms with Crippen molar-refractivity contribution < 1.29 is 33.4 Å². The predicted molar refractivity (Wildman–Crippen MR) is 87.8 cm³/mol. The Bertz CT molecular complexity index is 648. The van der Waals surface area contributed by atoms with E-state index in [2.05, 4.69) is 0 Å². The first kappa shape index (κ1) is 18.7. The molecule has 3 atom stereocenters. The minimum atomic E-state index is -1.31. The highest BCUT2D eigenvalue weighted by Crippen LogP contribution is 2.31. The zero-order valence-electron chi connectivity index (χ0n) is 14.5. The molecule has 1 aromatic rings. The average molecular weight is 351 g/mol. The number of quaternary nitrogens is 1. The van der Waals surface area contributed by atoms with Gasteiger partial charge < -0.3 is 19.5 Å². The molecule has 0 spiro atoms. The molecule has 0 radical (unpaired) electrons. The van der Waals surface area contributed by atoms with Crippen molar-refractivity contribution in [2.45, 2.75) is 32.1 Å². The third-order valence-corrected chi connectivity index (χ3v) is 4.35. The molecule has 1 heterocycles. The van der Waals surface area contributed by atoms with Gasteiger partial charge in [0, 0.05) is 20.5 Å². The van der Waals surface area contributed by atoms with Crippen LogP contribution in [0, 0.1) is 0 Å². The van der Waals surface area contributed by atoms with Gasteiger partial charge in [-0.25, -0.2) is 4.79 Å². The number of carbonyl (C=O) groups excluding carboxylic acids is 2. The normalized spacial score (nSPS) is 25.2. The highest BCUT2D eigenvalue weighted by molar-refractivity contribution is 5.76. The monoisotopic (exact) mass is 351 g/mol. The molecule has 1 N–H and O–H groups in total. The quantitative estimate of drug-likeness (QED) is 0.842. The molecule has 1 aliphatic rings. The molecule has 0 bridgehead atoms. The fourth-order valence-corrected chi connectivity index (χ4v) is 2.90. The molecule has 2 rings (SSSR count). The Morgan fingerprint density at radius 1 is 1.24 bits per heavy atom. The van der Waals surface area contributed by atoms with Crippen molar-refractivity contribution >= 4 is 18.3 Å². The number of amides is 3. The summed E-state index contributed by atoms with van der Waals surface area (Å²) in [6, 6.07) is 8.45. The average Bonchev–Trinajstić information content (AvgIpc) is 2.90. The first-order valence-electron chi connectivity index (χ1n) is 7.97. The van der Waals surface area contributed by atoms with Gasteiger partial charge in [-0.2, -0.15) is 9.59 Å². The van der Waals surface area contributed by atoms with Gasteiger partial charge in [-0.05, 0) is 12.5 Å². The SMILES string of the molecule is C[C@@H]1C[C@H](OC(=O)N(C)C)C[N@+]1(C(=O)O)C(=O)OCc1ccccc1. The summed E-state index contributed by atoms with van der Waals surface area (Å²) in [7, 11) is 3.07. The maximum atomic E-state index is 12.6. The van der Waals surface area contributed by atoms with Gasteiger partial charge in [0.1, 0.15) is 19.2 Å². The van der Waals surface area contributed by atoms with E-state index in [1.807, 2.05) is 6.07 Å². The Morgan fingerprint density at radius 3 is 2.44 bits per heavy atom. The van der Waals surface area contributed by atoms with Crippen molar-refractivity contribution in [1.29, 1.82) is 0 Å². The lowest BCUT2D eigenvalue weighted by Crippen LogP contribution is -2.59. The van der Waals surface area contributed by atoms with Crippen LogP contribution in [-0.4, -0.2) is 65.6 Å². The van der Waals surface area contributed by atoms with Gasteiger partial charge in [-0.15, -0.1) is 4.48 Å². The molecule has 0 aliphatic carbocycles. The highest BCUT2D eigenvalue weighted by atomic mass is 16.6. The molecule has 3 amide bonds. The molecule has 25 heavy (non-hydrogen) atoms. The summed E-state index contributed by atoms with van der Waals surface area (Å²) >= 11 is 0. The van der Waals surface area contributed by atoms with Crippen LogP contribution < -0.4 is 0 Å². The standard InChI is InChI=1S/C17H22N2O6/c1-12-9-14(25-15(20)18(2)3)10-19(12,16(21)22)17(23)24-11-13-7-5-4-6-8-13/h4-8,12,14H,9-11H2,1-3H3/p+1/t12-,14+,19+/m1/s1. The number of nitrogens with zero attached hydrogens (tertiary/aromatic N) is 2. The maximum Gasteiger partial charge on any atom is 0.527 e. The van der Waals surface area contributed by atoms with Crippen molar-refractivity contribution in [3.63, 3.8) is 0 Å². The maximum absolute atomic E-state index is 12.6. The number of likely N-dealkylation sites (tertiary alicyclic amines) is 1. The number of ether oxygens (including phenoxy) is 2. The van der Waals surface area contributed by atoms with E-state index in [-0.39, 0.29) is 19.6 Å². The second kappa shape index (κ2) is 7.52. The van der Waals surface area contributed by atoms with Crippen LogP contribution in [0.15, 0.2) is 30.3 Å². The Balaban J connectivity index is 2.10. The lowest BCUT2D eigenvalue weighted by molar-refractivity contribution is -0.797. The number of hydrogen-bond donors (Lipinski definition) is 1. The molecule has 1 saturated heterocycles. The van der Waals surface area contributed by atoms with Gasteiger partial charge in [-0.3, -0.25) is 0 Å². The number of carboxylic acid groups (broad SMARTS) is 1. The number of imide groups is 1. The number of carbonyl (C=O) groups is 3. The van der Waals surface area contributed by atoms with Gasteiger partial charge in [-0.1, -0.05) is 30.3 Å². The first-order valence-corrected chi connectivity index (χ1v) is 7.97. The smallest absolute Gasteiger partial charge is 0.440 e. The van der Waals surface area contributed by atoms with E-state index in [0.29, 0.717) is 0 Å².